The zero-order valence-corrected chi connectivity index (χ0v) is 17.7. The van der Waals surface area contributed by atoms with Crippen LogP contribution in [0.4, 0.5) is 0 Å². The number of pyridine rings is 1. The van der Waals surface area contributed by atoms with Gasteiger partial charge < -0.3 is 14.2 Å². The van der Waals surface area contributed by atoms with Crippen LogP contribution >= 0.6 is 0 Å². The van der Waals surface area contributed by atoms with E-state index in [-0.39, 0.29) is 0 Å². The molecule has 0 unspecified atom stereocenters. The predicted molar refractivity (Wildman–Crippen MR) is 116 cm³/mol. The molecule has 2 aromatic rings. The minimum Gasteiger partial charge on any atom is -0.475 e. The van der Waals surface area contributed by atoms with E-state index in [0.29, 0.717) is 6.73 Å². The van der Waals surface area contributed by atoms with Crippen molar-refractivity contribution >= 4 is 10.9 Å². The Morgan fingerprint density at radius 3 is 2.43 bits per heavy atom. The zero-order valence-electron chi connectivity index (χ0n) is 17.7. The minimum absolute atomic E-state index is 0.643. The van der Waals surface area contributed by atoms with Gasteiger partial charge in [0.1, 0.15) is 12.2 Å². The summed E-state index contributed by atoms with van der Waals surface area (Å²) in [4.78, 5) is 12.1. The highest BCUT2D eigenvalue weighted by Crippen LogP contribution is 2.35. The monoisotopic (exact) mass is 412 g/mol. The molecule has 2 saturated heterocycles. The fraction of sp³-hybridized carbons (Fsp3) is 0.609. The Morgan fingerprint density at radius 1 is 0.900 bits per heavy atom. The van der Waals surface area contributed by atoms with E-state index >= 15 is 0 Å². The van der Waals surface area contributed by atoms with Crippen LogP contribution in [0.3, 0.4) is 0 Å². The normalized spacial score (nSPS) is 21.5. The second-order valence-corrected chi connectivity index (χ2v) is 8.45. The number of ether oxygens (including phenoxy) is 3. The molecule has 0 spiro atoms. The zero-order chi connectivity index (χ0) is 20.2. The van der Waals surface area contributed by atoms with Crippen LogP contribution in [0.15, 0.2) is 24.4 Å². The summed E-state index contributed by atoms with van der Waals surface area (Å²) in [6.07, 6.45) is 3.03. The first-order chi connectivity index (χ1) is 14.9. The van der Waals surface area contributed by atoms with Crippen molar-refractivity contribution in [3.05, 3.63) is 35.5 Å². The number of hydrogen-bond acceptors (Lipinski definition) is 7. The number of aromatic nitrogens is 1. The van der Waals surface area contributed by atoms with Gasteiger partial charge in [-0.1, -0.05) is 6.07 Å². The van der Waals surface area contributed by atoms with Crippen molar-refractivity contribution in [2.24, 2.45) is 0 Å². The molecule has 3 aliphatic rings. The molecule has 7 nitrogen and oxygen atoms in total. The molecule has 4 heterocycles. The largest absolute Gasteiger partial charge is 0.475 e. The Balaban J connectivity index is 1.29. The molecular formula is C23H32N4O3. The number of rotatable bonds is 6. The van der Waals surface area contributed by atoms with E-state index in [1.54, 1.807) is 0 Å². The van der Waals surface area contributed by atoms with Crippen molar-refractivity contribution in [3.63, 3.8) is 0 Å². The Labute approximate surface area is 178 Å². The summed E-state index contributed by atoms with van der Waals surface area (Å²) in [7, 11) is 0. The lowest BCUT2D eigenvalue weighted by Gasteiger charge is -2.32. The third-order valence-corrected chi connectivity index (χ3v) is 6.34. The summed E-state index contributed by atoms with van der Waals surface area (Å²) in [5.41, 5.74) is 3.62. The summed E-state index contributed by atoms with van der Waals surface area (Å²) >= 11 is 0. The predicted octanol–water partition coefficient (Wildman–Crippen LogP) is 1.94. The second-order valence-electron chi connectivity index (χ2n) is 8.45. The molecular weight excluding hydrogens is 380 g/mol. The number of fused-ring (bicyclic) bond motifs is 3. The summed E-state index contributed by atoms with van der Waals surface area (Å²) in [5, 5.41) is 1.21. The van der Waals surface area contributed by atoms with Crippen LogP contribution in [0.2, 0.25) is 0 Å². The molecule has 5 rings (SSSR count). The van der Waals surface area contributed by atoms with Gasteiger partial charge in [0.25, 0.3) is 0 Å². The number of hydrogen-bond donors (Lipinski definition) is 0. The summed E-state index contributed by atoms with van der Waals surface area (Å²) in [5.74, 6) is 0.973. The first kappa shape index (κ1) is 20.2. The summed E-state index contributed by atoms with van der Waals surface area (Å²) in [6, 6.07) is 6.55. The van der Waals surface area contributed by atoms with Crippen LogP contribution in [0.25, 0.3) is 10.9 Å². The Bertz CT molecular complexity index is 850. The fourth-order valence-electron chi connectivity index (χ4n) is 4.69. The fourth-order valence-corrected chi connectivity index (χ4v) is 4.69. The van der Waals surface area contributed by atoms with Gasteiger partial charge in [0, 0.05) is 63.0 Å². The van der Waals surface area contributed by atoms with Gasteiger partial charge in [-0.3, -0.25) is 19.7 Å². The van der Waals surface area contributed by atoms with Gasteiger partial charge in [-0.2, -0.15) is 0 Å². The van der Waals surface area contributed by atoms with Crippen molar-refractivity contribution in [3.8, 4) is 5.75 Å². The molecule has 7 heteroatoms. The Kier molecular flexibility index (Phi) is 6.43. The van der Waals surface area contributed by atoms with E-state index in [1.807, 2.05) is 12.3 Å². The average Bonchev–Trinajstić information content (AvgIpc) is 2.80. The first-order valence-corrected chi connectivity index (χ1v) is 11.2. The van der Waals surface area contributed by atoms with Gasteiger partial charge in [-0.05, 0) is 30.7 Å². The van der Waals surface area contributed by atoms with E-state index in [2.05, 4.69) is 26.8 Å². The molecule has 30 heavy (non-hydrogen) atoms. The van der Waals surface area contributed by atoms with Crippen LogP contribution in [0, 0.1) is 0 Å². The van der Waals surface area contributed by atoms with Gasteiger partial charge in [-0.15, -0.1) is 0 Å². The van der Waals surface area contributed by atoms with E-state index in [9.17, 15) is 0 Å². The summed E-state index contributed by atoms with van der Waals surface area (Å²) < 4.78 is 17.2. The first-order valence-electron chi connectivity index (χ1n) is 11.2. The van der Waals surface area contributed by atoms with E-state index < -0.39 is 0 Å². The van der Waals surface area contributed by atoms with Crippen LogP contribution in [0.5, 0.6) is 5.75 Å². The highest BCUT2D eigenvalue weighted by atomic mass is 16.5. The van der Waals surface area contributed by atoms with Crippen molar-refractivity contribution in [2.45, 2.75) is 19.5 Å². The van der Waals surface area contributed by atoms with E-state index in [0.717, 1.165) is 96.5 Å². The molecule has 0 aliphatic carbocycles. The maximum Gasteiger partial charge on any atom is 0.152 e. The van der Waals surface area contributed by atoms with Crippen LogP contribution in [-0.2, 0) is 22.6 Å². The molecule has 3 aliphatic heterocycles. The molecule has 0 bridgehead atoms. The molecule has 162 valence electrons. The highest BCUT2D eigenvalue weighted by molar-refractivity contribution is 5.89. The van der Waals surface area contributed by atoms with Crippen molar-refractivity contribution in [1.82, 2.24) is 19.7 Å². The molecule has 0 radical (unpaired) electrons. The van der Waals surface area contributed by atoms with Gasteiger partial charge in [0.05, 0.1) is 26.4 Å². The van der Waals surface area contributed by atoms with Gasteiger partial charge in [0.2, 0.25) is 0 Å². The van der Waals surface area contributed by atoms with Gasteiger partial charge in [-0.25, -0.2) is 0 Å². The number of nitrogens with zero attached hydrogens (tertiary/aromatic N) is 4. The lowest BCUT2D eigenvalue weighted by atomic mass is 10.0. The third kappa shape index (κ3) is 4.60. The number of morpholine rings is 2. The standard InChI is InChI=1S/C23H32N4O3/c1-3-21-19(16-26-9-13-29-14-10-26)15-20-17-27(18-30-23(20)22(21)24-4-1)6-2-5-25-7-11-28-12-8-25/h1,3-4,15H,2,5-14,16-18H2. The number of benzene rings is 1. The summed E-state index contributed by atoms with van der Waals surface area (Å²) in [6.45, 7) is 12.2. The van der Waals surface area contributed by atoms with Crippen molar-refractivity contribution in [2.75, 3.05) is 72.4 Å². The quantitative estimate of drug-likeness (QED) is 0.719. The Morgan fingerprint density at radius 2 is 1.63 bits per heavy atom. The Hall–Kier alpha value is -1.77. The van der Waals surface area contributed by atoms with Gasteiger partial charge in [0.15, 0.2) is 5.75 Å². The molecule has 0 saturated carbocycles. The lowest BCUT2D eigenvalue weighted by Crippen LogP contribution is -2.39. The molecule has 2 fully saturated rings. The van der Waals surface area contributed by atoms with Gasteiger partial charge >= 0.3 is 0 Å². The van der Waals surface area contributed by atoms with Crippen LogP contribution in [0.1, 0.15) is 17.5 Å². The molecule has 0 amide bonds. The molecule has 0 N–H and O–H groups in total. The van der Waals surface area contributed by atoms with Crippen molar-refractivity contribution in [1.29, 1.82) is 0 Å². The second kappa shape index (κ2) is 9.58. The highest BCUT2D eigenvalue weighted by Gasteiger charge is 2.23. The molecule has 1 aromatic carbocycles. The lowest BCUT2D eigenvalue weighted by molar-refractivity contribution is 0.0329. The van der Waals surface area contributed by atoms with E-state index in [1.165, 1.54) is 16.5 Å². The maximum absolute atomic E-state index is 6.23. The van der Waals surface area contributed by atoms with E-state index in [4.69, 9.17) is 19.2 Å². The van der Waals surface area contributed by atoms with Crippen LogP contribution < -0.4 is 4.74 Å². The maximum atomic E-state index is 6.23. The smallest absolute Gasteiger partial charge is 0.152 e. The van der Waals surface area contributed by atoms with Crippen molar-refractivity contribution < 1.29 is 14.2 Å². The van der Waals surface area contributed by atoms with Crippen LogP contribution in [-0.4, -0.2) is 92.1 Å². The third-order valence-electron chi connectivity index (χ3n) is 6.34. The average molecular weight is 413 g/mol. The SMILES string of the molecule is c1cnc2c3c(cc(CN4CCOCC4)c2c1)CN(CCCN1CCOCC1)CO3. The topological polar surface area (TPSA) is 50.3 Å². The molecule has 1 aromatic heterocycles. The minimum atomic E-state index is 0.643. The molecule has 0 atom stereocenters.